The highest BCUT2D eigenvalue weighted by molar-refractivity contribution is 5.94. The quantitative estimate of drug-likeness (QED) is 0.322. The molecule has 2 aromatic heterocycles. The van der Waals surface area contributed by atoms with Gasteiger partial charge in [0.1, 0.15) is 11.6 Å². The van der Waals surface area contributed by atoms with E-state index in [2.05, 4.69) is 25.6 Å². The maximum atomic E-state index is 13.3. The van der Waals surface area contributed by atoms with Gasteiger partial charge in [0.25, 0.3) is 11.5 Å². The molecule has 4 rings (SSSR count). The fraction of sp³-hybridized carbons (Fsp3) is 0.120. The van der Waals surface area contributed by atoms with E-state index < -0.39 is 23.3 Å². The lowest BCUT2D eigenvalue weighted by atomic mass is 10.1. The monoisotopic (exact) mass is 459 g/mol. The third-order valence-corrected chi connectivity index (χ3v) is 5.13. The smallest absolute Gasteiger partial charge is 0.293 e. The second-order valence-corrected chi connectivity index (χ2v) is 7.54. The number of nitrogens with one attached hydrogen (secondary N) is 3. The lowest BCUT2D eigenvalue weighted by Gasteiger charge is -2.19. The summed E-state index contributed by atoms with van der Waals surface area (Å²) in [6.45, 7) is 0.494. The minimum atomic E-state index is -0.832. The normalized spacial score (nSPS) is 11.7. The van der Waals surface area contributed by atoms with Gasteiger partial charge in [0.15, 0.2) is 5.69 Å². The van der Waals surface area contributed by atoms with Crippen molar-refractivity contribution < 1.29 is 14.3 Å². The SMILES string of the molecule is O=C(NCc1cccnc1)c1nc(C(NCc2ccc(F)cc2)c2ccccc2)[nH]c(=O)c1O. The Bertz CT molecular complexity index is 1310. The highest BCUT2D eigenvalue weighted by Gasteiger charge is 2.23. The van der Waals surface area contributed by atoms with Crippen molar-refractivity contribution in [3.8, 4) is 5.75 Å². The number of nitrogens with zero attached hydrogens (tertiary/aromatic N) is 2. The number of aromatic hydroxyl groups is 1. The zero-order valence-electron chi connectivity index (χ0n) is 18.0. The Kier molecular flexibility index (Phi) is 7.04. The average molecular weight is 459 g/mol. The number of aromatic amines is 1. The van der Waals surface area contributed by atoms with Crippen LogP contribution in [0.4, 0.5) is 4.39 Å². The molecule has 1 unspecified atom stereocenters. The first kappa shape index (κ1) is 22.8. The Balaban J connectivity index is 1.62. The highest BCUT2D eigenvalue weighted by Crippen LogP contribution is 2.21. The van der Waals surface area contributed by atoms with Crippen molar-refractivity contribution in [1.29, 1.82) is 0 Å². The first-order chi connectivity index (χ1) is 16.5. The predicted octanol–water partition coefficient (Wildman–Crippen LogP) is 2.82. The van der Waals surface area contributed by atoms with Gasteiger partial charge in [-0.2, -0.15) is 0 Å². The van der Waals surface area contributed by atoms with Crippen LogP contribution in [0.1, 0.15) is 39.0 Å². The molecule has 9 heteroatoms. The Labute approximate surface area is 194 Å². The molecule has 1 amide bonds. The fourth-order valence-electron chi connectivity index (χ4n) is 3.39. The number of pyridine rings is 1. The molecule has 4 N–H and O–H groups in total. The van der Waals surface area contributed by atoms with Gasteiger partial charge in [-0.3, -0.25) is 19.9 Å². The predicted molar refractivity (Wildman–Crippen MR) is 123 cm³/mol. The van der Waals surface area contributed by atoms with Crippen molar-refractivity contribution in [2.75, 3.05) is 0 Å². The Morgan fingerprint density at radius 2 is 1.76 bits per heavy atom. The van der Waals surface area contributed by atoms with Crippen LogP contribution in [0.15, 0.2) is 83.9 Å². The lowest BCUT2D eigenvalue weighted by molar-refractivity contribution is 0.0942. The number of carbonyl (C=O) groups excluding carboxylic acids is 1. The molecule has 1 atom stereocenters. The van der Waals surface area contributed by atoms with Gasteiger partial charge in [-0.05, 0) is 34.9 Å². The van der Waals surface area contributed by atoms with E-state index >= 15 is 0 Å². The molecule has 0 radical (unpaired) electrons. The van der Waals surface area contributed by atoms with E-state index in [-0.39, 0.29) is 23.9 Å². The molecule has 2 heterocycles. The van der Waals surface area contributed by atoms with Crippen molar-refractivity contribution in [3.63, 3.8) is 0 Å². The second kappa shape index (κ2) is 10.5. The Morgan fingerprint density at radius 3 is 2.47 bits per heavy atom. The molecular weight excluding hydrogens is 437 g/mol. The molecule has 0 fully saturated rings. The molecule has 0 spiro atoms. The van der Waals surface area contributed by atoms with E-state index in [4.69, 9.17) is 0 Å². The molecule has 0 bridgehead atoms. The fourth-order valence-corrected chi connectivity index (χ4v) is 3.39. The molecule has 2 aromatic carbocycles. The van der Waals surface area contributed by atoms with Gasteiger partial charge >= 0.3 is 0 Å². The molecule has 8 nitrogen and oxygen atoms in total. The highest BCUT2D eigenvalue weighted by atomic mass is 19.1. The Hall–Kier alpha value is -4.37. The summed E-state index contributed by atoms with van der Waals surface area (Å²) in [5, 5.41) is 16.2. The largest absolute Gasteiger partial charge is 0.501 e. The minimum absolute atomic E-state index is 0.154. The number of carbonyl (C=O) groups is 1. The third-order valence-electron chi connectivity index (χ3n) is 5.13. The van der Waals surface area contributed by atoms with Gasteiger partial charge in [-0.1, -0.05) is 48.5 Å². The summed E-state index contributed by atoms with van der Waals surface area (Å²) in [5.41, 5.74) is 1.13. The van der Waals surface area contributed by atoms with Crippen LogP contribution in [0.5, 0.6) is 5.75 Å². The van der Waals surface area contributed by atoms with Gasteiger partial charge in [0.05, 0.1) is 6.04 Å². The van der Waals surface area contributed by atoms with Crippen LogP contribution in [0.3, 0.4) is 0 Å². The summed E-state index contributed by atoms with van der Waals surface area (Å²) in [5.74, 6) is -1.64. The van der Waals surface area contributed by atoms with E-state index in [0.29, 0.717) is 6.54 Å². The number of hydrogen-bond acceptors (Lipinski definition) is 6. The van der Waals surface area contributed by atoms with E-state index in [1.807, 2.05) is 30.3 Å². The van der Waals surface area contributed by atoms with Gasteiger partial charge in [0, 0.05) is 25.5 Å². The zero-order chi connectivity index (χ0) is 23.9. The first-order valence-corrected chi connectivity index (χ1v) is 10.5. The molecule has 0 aliphatic carbocycles. The van der Waals surface area contributed by atoms with Crippen molar-refractivity contribution in [2.45, 2.75) is 19.1 Å². The van der Waals surface area contributed by atoms with Crippen LogP contribution in [0.2, 0.25) is 0 Å². The summed E-state index contributed by atoms with van der Waals surface area (Å²) in [6, 6.07) is 18.1. The number of amides is 1. The van der Waals surface area contributed by atoms with Crippen LogP contribution in [-0.2, 0) is 13.1 Å². The summed E-state index contributed by atoms with van der Waals surface area (Å²) in [6.07, 6.45) is 3.21. The van der Waals surface area contributed by atoms with Gasteiger partial charge < -0.3 is 15.4 Å². The van der Waals surface area contributed by atoms with E-state index in [1.54, 1.807) is 36.7 Å². The number of rotatable bonds is 8. The maximum absolute atomic E-state index is 13.3. The maximum Gasteiger partial charge on any atom is 0.293 e. The minimum Gasteiger partial charge on any atom is -0.501 e. The van der Waals surface area contributed by atoms with Gasteiger partial charge in [-0.15, -0.1) is 0 Å². The van der Waals surface area contributed by atoms with Crippen molar-refractivity contribution in [3.05, 3.63) is 124 Å². The third kappa shape index (κ3) is 5.51. The van der Waals surface area contributed by atoms with Crippen LogP contribution in [0, 0.1) is 5.82 Å². The summed E-state index contributed by atoms with van der Waals surface area (Å²) in [7, 11) is 0. The average Bonchev–Trinajstić information content (AvgIpc) is 2.87. The summed E-state index contributed by atoms with van der Waals surface area (Å²) >= 11 is 0. The second-order valence-electron chi connectivity index (χ2n) is 7.54. The van der Waals surface area contributed by atoms with E-state index in [1.165, 1.54) is 12.1 Å². The molecule has 0 aliphatic heterocycles. The van der Waals surface area contributed by atoms with Crippen LogP contribution in [0.25, 0.3) is 0 Å². The number of halogens is 1. The van der Waals surface area contributed by atoms with Crippen molar-refractivity contribution in [2.24, 2.45) is 0 Å². The molecule has 172 valence electrons. The van der Waals surface area contributed by atoms with Gasteiger partial charge in [-0.25, -0.2) is 9.37 Å². The Morgan fingerprint density at radius 1 is 1.00 bits per heavy atom. The molecule has 0 saturated carbocycles. The summed E-state index contributed by atoms with van der Waals surface area (Å²) in [4.78, 5) is 36.1. The van der Waals surface area contributed by atoms with Crippen molar-refractivity contribution >= 4 is 5.91 Å². The van der Waals surface area contributed by atoms with E-state index in [9.17, 15) is 19.1 Å². The molecule has 4 aromatic rings. The van der Waals surface area contributed by atoms with Gasteiger partial charge in [0.2, 0.25) is 5.75 Å². The molecule has 0 saturated heterocycles. The van der Waals surface area contributed by atoms with Crippen LogP contribution < -0.4 is 16.2 Å². The number of H-pyrrole nitrogens is 1. The summed E-state index contributed by atoms with van der Waals surface area (Å²) < 4.78 is 13.3. The van der Waals surface area contributed by atoms with Crippen LogP contribution in [-0.4, -0.2) is 26.0 Å². The standard InChI is InChI=1S/C25H22FN5O3/c26-19-10-8-16(9-11-19)14-28-20(18-6-2-1-3-7-18)23-30-21(22(32)25(34)31-23)24(33)29-15-17-5-4-12-27-13-17/h1-13,20,28,32H,14-15H2,(H,29,33)(H,30,31,34). The topological polar surface area (TPSA) is 120 Å². The van der Waals surface area contributed by atoms with Crippen molar-refractivity contribution in [1.82, 2.24) is 25.6 Å². The molecule has 34 heavy (non-hydrogen) atoms. The molecule has 0 aliphatic rings. The zero-order valence-corrected chi connectivity index (χ0v) is 18.0. The number of hydrogen-bond donors (Lipinski definition) is 4. The first-order valence-electron chi connectivity index (χ1n) is 10.5. The number of aromatic nitrogens is 3. The van der Waals surface area contributed by atoms with Crippen LogP contribution >= 0.6 is 0 Å². The number of benzene rings is 2. The van der Waals surface area contributed by atoms with E-state index in [0.717, 1.165) is 16.7 Å². The molecular formula is C25H22FN5O3. The lowest BCUT2D eigenvalue weighted by Crippen LogP contribution is -2.30.